The summed E-state index contributed by atoms with van der Waals surface area (Å²) in [5, 5.41) is 39.5. The number of carboxylic acids is 2. The molecule has 0 unspecified atom stereocenters. The molecule has 0 aliphatic carbocycles. The van der Waals surface area contributed by atoms with Crippen molar-refractivity contribution in [2.24, 2.45) is 5.73 Å². The molecule has 12 nitrogen and oxygen atoms in total. The number of halogens is 2. The summed E-state index contributed by atoms with van der Waals surface area (Å²) >= 11 is 11.9. The fourth-order valence-corrected chi connectivity index (χ4v) is 7.92. The molecule has 0 fully saturated rings. The number of hydrogen-bond donors (Lipinski definition) is 4. The van der Waals surface area contributed by atoms with Crippen molar-refractivity contribution in [1.82, 2.24) is 9.29 Å². The van der Waals surface area contributed by atoms with Crippen LogP contribution in [0, 0.1) is 22.7 Å². The van der Waals surface area contributed by atoms with Crippen molar-refractivity contribution >= 4 is 51.1 Å². The fraction of sp³-hybridized carbons (Fsp3) is 0.0930. The van der Waals surface area contributed by atoms with E-state index in [-0.39, 0.29) is 33.5 Å². The van der Waals surface area contributed by atoms with Crippen molar-refractivity contribution in [1.29, 1.82) is 10.5 Å². The number of amides is 1. The smallest absolute Gasteiger partial charge is 0.326 e. The zero-order valence-electron chi connectivity index (χ0n) is 30.3. The van der Waals surface area contributed by atoms with E-state index in [1.807, 2.05) is 54.6 Å². The number of aliphatic carboxylic acids is 2. The Kier molecular flexibility index (Phi) is 13.8. The molecule has 1 heterocycles. The first-order valence-corrected chi connectivity index (χ1v) is 19.5. The second-order valence-corrected chi connectivity index (χ2v) is 15.4. The van der Waals surface area contributed by atoms with Gasteiger partial charge in [-0.1, -0.05) is 108 Å². The monoisotopic (exact) mass is 833 g/mol. The van der Waals surface area contributed by atoms with E-state index in [4.69, 9.17) is 39.3 Å². The van der Waals surface area contributed by atoms with Gasteiger partial charge in [0.15, 0.2) is 0 Å². The Hall–Kier alpha value is -6.74. The van der Waals surface area contributed by atoms with Gasteiger partial charge < -0.3 is 21.3 Å². The van der Waals surface area contributed by atoms with Gasteiger partial charge in [0.2, 0.25) is 0 Å². The summed E-state index contributed by atoms with van der Waals surface area (Å²) in [7, 11) is -4.25. The van der Waals surface area contributed by atoms with Gasteiger partial charge in [0.05, 0.1) is 28.2 Å². The number of aromatic nitrogens is 1. The van der Waals surface area contributed by atoms with E-state index in [2.05, 4.69) is 17.5 Å². The maximum atomic E-state index is 13.2. The van der Waals surface area contributed by atoms with Gasteiger partial charge in [-0.05, 0) is 82.3 Å². The zero-order valence-corrected chi connectivity index (χ0v) is 32.6. The molecule has 1 aromatic heterocycles. The molecule has 0 spiro atoms. The lowest BCUT2D eigenvalue weighted by Gasteiger charge is -2.16. The van der Waals surface area contributed by atoms with Crippen LogP contribution in [0.25, 0.3) is 22.3 Å². The standard InChI is InChI=1S/C27H19Cl2N3O5S.C16H14N2O2/c28-20-13-21(29)15-22(14-20)38(36,37)32-11-3-6-25(32)26(33)31-24(27(34)35)12-17-7-9-18(10-8-17)23-5-2-1-4-19(23)16-30;17-10-13-3-1-2-4-14(13)12-7-5-11(6-8-12)9-15(18)16(19)20/h1-11,13-15,24H,12H2,(H,31,33)(H,34,35);1-8,15H,9,18H2,(H,19,20)/t24-;15-/m00/s1. The van der Waals surface area contributed by atoms with Gasteiger partial charge in [0.25, 0.3) is 15.9 Å². The zero-order chi connectivity index (χ0) is 42.0. The van der Waals surface area contributed by atoms with E-state index in [0.717, 1.165) is 31.8 Å². The Balaban J connectivity index is 0.000000269. The number of carbonyl (C=O) groups is 3. The van der Waals surface area contributed by atoms with Crippen LogP contribution < -0.4 is 11.1 Å². The summed E-state index contributed by atoms with van der Waals surface area (Å²) < 4.78 is 27.1. The number of nitrogens with one attached hydrogen (secondary N) is 1. The second-order valence-electron chi connectivity index (χ2n) is 12.7. The Morgan fingerprint density at radius 3 is 1.64 bits per heavy atom. The number of rotatable bonds is 12. The molecule has 6 rings (SSSR count). The molecule has 58 heavy (non-hydrogen) atoms. The molecule has 6 aromatic rings. The number of hydrogen-bond acceptors (Lipinski definition) is 8. The van der Waals surface area contributed by atoms with Crippen LogP contribution in [0.3, 0.4) is 0 Å². The van der Waals surface area contributed by atoms with Gasteiger partial charge in [-0.15, -0.1) is 0 Å². The minimum absolute atomic E-state index is 0.0569. The first kappa shape index (κ1) is 42.4. The van der Waals surface area contributed by atoms with Gasteiger partial charge in [-0.3, -0.25) is 9.59 Å². The summed E-state index contributed by atoms with van der Waals surface area (Å²) in [5.41, 5.74) is 11.1. The van der Waals surface area contributed by atoms with Crippen LogP contribution in [0.4, 0.5) is 0 Å². The number of nitrogens with zero attached hydrogens (tertiary/aromatic N) is 3. The van der Waals surface area contributed by atoms with Gasteiger partial charge in [-0.25, -0.2) is 17.2 Å². The molecule has 0 aliphatic rings. The third-order valence-electron chi connectivity index (χ3n) is 8.78. The Morgan fingerprint density at radius 1 is 0.690 bits per heavy atom. The summed E-state index contributed by atoms with van der Waals surface area (Å²) in [6.07, 6.45) is 1.40. The third-order valence-corrected chi connectivity index (χ3v) is 10.9. The maximum absolute atomic E-state index is 13.2. The molecule has 0 saturated carbocycles. The van der Waals surface area contributed by atoms with Gasteiger partial charge in [0.1, 0.15) is 17.8 Å². The Morgan fingerprint density at radius 2 is 1.17 bits per heavy atom. The van der Waals surface area contributed by atoms with Gasteiger partial charge in [-0.2, -0.15) is 10.5 Å². The fourth-order valence-electron chi connectivity index (χ4n) is 5.86. The highest BCUT2D eigenvalue weighted by molar-refractivity contribution is 7.90. The average Bonchev–Trinajstić information content (AvgIpc) is 3.73. The predicted molar refractivity (Wildman–Crippen MR) is 219 cm³/mol. The highest BCUT2D eigenvalue weighted by Crippen LogP contribution is 2.27. The number of carboxylic acid groups (broad SMARTS) is 2. The molecule has 292 valence electrons. The Labute approximate surface area is 344 Å². The topological polar surface area (TPSA) is 216 Å². The second kappa shape index (κ2) is 18.9. The summed E-state index contributed by atoms with van der Waals surface area (Å²) in [6.45, 7) is 0. The van der Waals surface area contributed by atoms with Crippen LogP contribution in [0.5, 0.6) is 0 Å². The summed E-state index contributed by atoms with van der Waals surface area (Å²) in [5.74, 6) is -3.19. The quantitative estimate of drug-likeness (QED) is 0.0974. The van der Waals surface area contributed by atoms with Crippen LogP contribution in [-0.2, 0) is 32.5 Å². The SMILES string of the molecule is N#Cc1ccccc1-c1ccc(C[C@H](N)C(=O)O)cc1.N#Cc1ccccc1-c1ccc(C[C@H](NC(=O)c2cccn2S(=O)(=O)c2cc(Cl)cc(Cl)c2)C(=O)O)cc1. The lowest BCUT2D eigenvalue weighted by molar-refractivity contribution is -0.139. The van der Waals surface area contributed by atoms with Crippen molar-refractivity contribution in [2.45, 2.75) is 29.8 Å². The van der Waals surface area contributed by atoms with Crippen LogP contribution in [0.1, 0.15) is 32.7 Å². The van der Waals surface area contributed by atoms with Crippen LogP contribution in [0.15, 0.2) is 138 Å². The summed E-state index contributed by atoms with van der Waals surface area (Å²) in [6, 6.07) is 37.3. The molecular weight excluding hydrogens is 801 g/mol. The molecule has 2 atom stereocenters. The Bertz CT molecular complexity index is 2650. The number of nitriles is 2. The molecular formula is C43H33Cl2N5O7S. The number of carbonyl (C=O) groups excluding carboxylic acids is 1. The molecule has 0 saturated heterocycles. The van der Waals surface area contributed by atoms with Crippen LogP contribution in [0.2, 0.25) is 10.0 Å². The largest absolute Gasteiger partial charge is 0.480 e. The lowest BCUT2D eigenvalue weighted by atomic mass is 9.97. The molecule has 1 amide bonds. The van der Waals surface area contributed by atoms with E-state index in [1.54, 1.807) is 42.5 Å². The van der Waals surface area contributed by atoms with Crippen molar-refractivity contribution in [3.63, 3.8) is 0 Å². The normalized spacial score (nSPS) is 11.8. The average molecular weight is 835 g/mol. The minimum atomic E-state index is -4.25. The van der Waals surface area contributed by atoms with E-state index in [9.17, 15) is 33.2 Å². The van der Waals surface area contributed by atoms with Gasteiger partial charge in [0, 0.05) is 22.7 Å². The highest BCUT2D eigenvalue weighted by Gasteiger charge is 2.27. The lowest BCUT2D eigenvalue weighted by Crippen LogP contribution is -2.43. The number of nitrogens with two attached hydrogens (primary N) is 1. The van der Waals surface area contributed by atoms with E-state index >= 15 is 0 Å². The van der Waals surface area contributed by atoms with Crippen molar-refractivity contribution < 1.29 is 33.0 Å². The van der Waals surface area contributed by atoms with Gasteiger partial charge >= 0.3 is 11.9 Å². The molecule has 5 N–H and O–H groups in total. The minimum Gasteiger partial charge on any atom is -0.480 e. The number of benzene rings is 5. The summed E-state index contributed by atoms with van der Waals surface area (Å²) in [4.78, 5) is 35.5. The van der Waals surface area contributed by atoms with E-state index in [1.165, 1.54) is 36.5 Å². The van der Waals surface area contributed by atoms with Crippen LogP contribution in [-0.4, -0.2) is 52.5 Å². The van der Waals surface area contributed by atoms with Crippen molar-refractivity contribution in [3.05, 3.63) is 172 Å². The molecule has 0 radical (unpaired) electrons. The van der Waals surface area contributed by atoms with Crippen LogP contribution >= 0.6 is 23.2 Å². The van der Waals surface area contributed by atoms with Crippen molar-refractivity contribution in [3.8, 4) is 34.4 Å². The van der Waals surface area contributed by atoms with E-state index in [0.29, 0.717) is 16.7 Å². The molecule has 0 aliphatic heterocycles. The third kappa shape index (κ3) is 10.4. The highest BCUT2D eigenvalue weighted by atomic mass is 35.5. The molecule has 5 aromatic carbocycles. The molecule has 0 bridgehead atoms. The molecule has 15 heteroatoms. The first-order chi connectivity index (χ1) is 27.7. The van der Waals surface area contributed by atoms with Crippen molar-refractivity contribution in [2.75, 3.05) is 0 Å². The van der Waals surface area contributed by atoms with E-state index < -0.39 is 40.0 Å². The first-order valence-electron chi connectivity index (χ1n) is 17.3. The maximum Gasteiger partial charge on any atom is 0.326 e. The predicted octanol–water partition coefficient (Wildman–Crippen LogP) is 7.18.